The first-order valence-electron chi connectivity index (χ1n) is 2.94. The van der Waals surface area contributed by atoms with Gasteiger partial charge in [-0.15, -0.1) is 11.6 Å². The first-order chi connectivity index (χ1) is 4.95. The Balaban J connectivity index is 4.52. The first-order valence-corrected chi connectivity index (χ1v) is 3.85. The molecule has 0 fully saturated rings. The number of alkyl halides is 2. The van der Waals surface area contributed by atoms with E-state index in [1.165, 1.54) is 0 Å². The molecule has 0 aliphatic carbocycles. The van der Waals surface area contributed by atoms with Gasteiger partial charge in [0.05, 0.1) is 0 Å². The van der Waals surface area contributed by atoms with Crippen molar-refractivity contribution in [1.82, 2.24) is 0 Å². The minimum atomic E-state index is -1.83. The third-order valence-electron chi connectivity index (χ3n) is 1.34. The van der Waals surface area contributed by atoms with Crippen LogP contribution in [0.15, 0.2) is 0 Å². The average molecular weight is 199 g/mol. The molecule has 0 aromatic carbocycles. The summed E-state index contributed by atoms with van der Waals surface area (Å²) in [6.07, 6.45) is -0.0548. The number of carbonyl (C=O) groups is 2. The van der Waals surface area contributed by atoms with E-state index in [2.05, 4.69) is 0 Å². The number of halogens is 2. The Morgan fingerprint density at radius 1 is 1.55 bits per heavy atom. The molecule has 0 bridgehead atoms. The van der Waals surface area contributed by atoms with Crippen LogP contribution in [0, 0.1) is 0 Å². The SMILES string of the molecule is CC(=O)C(Cl)(CCCl)C(=O)O. The topological polar surface area (TPSA) is 54.4 Å². The van der Waals surface area contributed by atoms with Gasteiger partial charge in [0.25, 0.3) is 0 Å². The molecule has 0 spiro atoms. The van der Waals surface area contributed by atoms with E-state index in [4.69, 9.17) is 28.3 Å². The molecule has 3 nitrogen and oxygen atoms in total. The van der Waals surface area contributed by atoms with Gasteiger partial charge in [-0.05, 0) is 13.3 Å². The van der Waals surface area contributed by atoms with Crippen molar-refractivity contribution < 1.29 is 14.7 Å². The monoisotopic (exact) mass is 198 g/mol. The molecule has 0 aliphatic heterocycles. The quantitative estimate of drug-likeness (QED) is 0.547. The van der Waals surface area contributed by atoms with Crippen LogP contribution in [0.5, 0.6) is 0 Å². The highest BCUT2D eigenvalue weighted by molar-refractivity contribution is 6.45. The van der Waals surface area contributed by atoms with E-state index in [1.807, 2.05) is 0 Å². The summed E-state index contributed by atoms with van der Waals surface area (Å²) in [5, 5.41) is 8.52. The maximum atomic E-state index is 10.7. The van der Waals surface area contributed by atoms with E-state index in [0.717, 1.165) is 6.92 Å². The van der Waals surface area contributed by atoms with Crippen molar-refractivity contribution >= 4 is 35.0 Å². The number of ketones is 1. The summed E-state index contributed by atoms with van der Waals surface area (Å²) < 4.78 is 0. The molecule has 0 aromatic heterocycles. The number of carbonyl (C=O) groups excluding carboxylic acids is 1. The van der Waals surface area contributed by atoms with Crippen molar-refractivity contribution in [2.75, 3.05) is 5.88 Å². The fourth-order valence-corrected chi connectivity index (χ4v) is 1.04. The van der Waals surface area contributed by atoms with E-state index in [1.54, 1.807) is 0 Å². The summed E-state index contributed by atoms with van der Waals surface area (Å²) in [6.45, 7) is 1.13. The lowest BCUT2D eigenvalue weighted by Crippen LogP contribution is -2.40. The maximum Gasteiger partial charge on any atom is 0.332 e. The second-order valence-electron chi connectivity index (χ2n) is 2.10. The van der Waals surface area contributed by atoms with Gasteiger partial charge in [-0.1, -0.05) is 11.6 Å². The Bertz CT molecular complexity index is 165. The summed E-state index contributed by atoms with van der Waals surface area (Å²) in [6, 6.07) is 0. The fraction of sp³-hybridized carbons (Fsp3) is 0.667. The molecular weight excluding hydrogens is 191 g/mol. The Kier molecular flexibility index (Phi) is 3.83. The second kappa shape index (κ2) is 3.93. The van der Waals surface area contributed by atoms with Gasteiger partial charge >= 0.3 is 5.97 Å². The van der Waals surface area contributed by atoms with Gasteiger partial charge in [-0.3, -0.25) is 4.79 Å². The number of hydrogen-bond donors (Lipinski definition) is 1. The van der Waals surface area contributed by atoms with E-state index < -0.39 is 16.6 Å². The van der Waals surface area contributed by atoms with E-state index in [9.17, 15) is 9.59 Å². The molecule has 0 radical (unpaired) electrons. The predicted molar refractivity (Wildman–Crippen MR) is 42.2 cm³/mol. The molecule has 0 rings (SSSR count). The van der Waals surface area contributed by atoms with Gasteiger partial charge in [-0.2, -0.15) is 0 Å². The molecule has 0 saturated heterocycles. The molecule has 0 amide bonds. The van der Waals surface area contributed by atoms with E-state index in [0.29, 0.717) is 0 Å². The Hall–Kier alpha value is -0.280. The van der Waals surface area contributed by atoms with Crippen LogP contribution in [-0.4, -0.2) is 27.6 Å². The highest BCUT2D eigenvalue weighted by Gasteiger charge is 2.40. The zero-order valence-corrected chi connectivity index (χ0v) is 7.45. The van der Waals surface area contributed by atoms with Crippen LogP contribution in [0.2, 0.25) is 0 Å². The summed E-state index contributed by atoms with van der Waals surface area (Å²) in [4.78, 5) is 19.3. The molecule has 0 aromatic rings. The second-order valence-corrected chi connectivity index (χ2v) is 3.12. The van der Waals surface area contributed by atoms with E-state index in [-0.39, 0.29) is 12.3 Å². The Morgan fingerprint density at radius 2 is 2.00 bits per heavy atom. The number of rotatable bonds is 4. The molecule has 0 aliphatic rings. The lowest BCUT2D eigenvalue weighted by molar-refractivity contribution is -0.143. The minimum absolute atomic E-state index is 0.0510. The molecule has 5 heteroatoms. The van der Waals surface area contributed by atoms with Crippen molar-refractivity contribution in [1.29, 1.82) is 0 Å². The lowest BCUT2D eigenvalue weighted by Gasteiger charge is -2.16. The summed E-state index contributed by atoms with van der Waals surface area (Å²) in [7, 11) is 0. The maximum absolute atomic E-state index is 10.7. The molecule has 64 valence electrons. The zero-order valence-electron chi connectivity index (χ0n) is 5.93. The molecule has 1 atom stereocenters. The van der Waals surface area contributed by atoms with Crippen molar-refractivity contribution in [3.8, 4) is 0 Å². The van der Waals surface area contributed by atoms with Gasteiger partial charge < -0.3 is 5.11 Å². The van der Waals surface area contributed by atoms with Gasteiger partial charge in [0.1, 0.15) is 0 Å². The van der Waals surface area contributed by atoms with E-state index >= 15 is 0 Å². The third kappa shape index (κ3) is 2.34. The van der Waals surface area contributed by atoms with Gasteiger partial charge in [0.15, 0.2) is 10.7 Å². The van der Waals surface area contributed by atoms with Crippen LogP contribution < -0.4 is 0 Å². The third-order valence-corrected chi connectivity index (χ3v) is 2.14. The van der Waals surface area contributed by atoms with Crippen molar-refractivity contribution in [2.24, 2.45) is 0 Å². The number of Topliss-reactive ketones (excluding diaryl/α,β-unsaturated/α-hetero) is 1. The Labute approximate surface area is 74.3 Å². The largest absolute Gasteiger partial charge is 0.480 e. The molecule has 1 unspecified atom stereocenters. The summed E-state index contributed by atoms with van der Waals surface area (Å²) in [5.74, 6) is -1.88. The summed E-state index contributed by atoms with van der Waals surface area (Å²) in [5.41, 5.74) is 0. The van der Waals surface area contributed by atoms with Gasteiger partial charge in [0, 0.05) is 5.88 Å². The van der Waals surface area contributed by atoms with Gasteiger partial charge in [-0.25, -0.2) is 4.79 Å². The molecular formula is C6H8Cl2O3. The lowest BCUT2D eigenvalue weighted by atomic mass is 10.0. The normalized spacial score (nSPS) is 15.5. The fourth-order valence-electron chi connectivity index (χ4n) is 0.564. The number of carboxylic acids is 1. The smallest absolute Gasteiger partial charge is 0.332 e. The zero-order chi connectivity index (χ0) is 9.07. The molecule has 11 heavy (non-hydrogen) atoms. The average Bonchev–Trinajstić information content (AvgIpc) is 1.87. The summed E-state index contributed by atoms with van der Waals surface area (Å²) >= 11 is 10.7. The number of aliphatic carboxylic acids is 1. The predicted octanol–water partition coefficient (Wildman–Crippen LogP) is 1.27. The van der Waals surface area contributed by atoms with Crippen LogP contribution in [0.25, 0.3) is 0 Å². The van der Waals surface area contributed by atoms with Crippen molar-refractivity contribution in [3.63, 3.8) is 0 Å². The first kappa shape index (κ1) is 10.7. The van der Waals surface area contributed by atoms with Crippen LogP contribution in [0.3, 0.4) is 0 Å². The molecule has 0 heterocycles. The van der Waals surface area contributed by atoms with Crippen molar-refractivity contribution in [3.05, 3.63) is 0 Å². The standard InChI is InChI=1S/C6H8Cl2O3/c1-4(9)6(8,2-3-7)5(10)11/h2-3H2,1H3,(H,10,11). The number of carboxylic acid groups (broad SMARTS) is 1. The molecule has 0 saturated carbocycles. The van der Waals surface area contributed by atoms with Gasteiger partial charge in [0.2, 0.25) is 0 Å². The van der Waals surface area contributed by atoms with Crippen LogP contribution >= 0.6 is 23.2 Å². The minimum Gasteiger partial charge on any atom is -0.480 e. The van der Waals surface area contributed by atoms with Crippen LogP contribution in [0.1, 0.15) is 13.3 Å². The Morgan fingerprint density at radius 3 is 2.09 bits per heavy atom. The van der Waals surface area contributed by atoms with Crippen LogP contribution in [-0.2, 0) is 9.59 Å². The van der Waals surface area contributed by atoms with Crippen LogP contribution in [0.4, 0.5) is 0 Å². The highest BCUT2D eigenvalue weighted by Crippen LogP contribution is 2.22. The highest BCUT2D eigenvalue weighted by atomic mass is 35.5. The molecule has 1 N–H and O–H groups in total. The number of hydrogen-bond acceptors (Lipinski definition) is 2. The van der Waals surface area contributed by atoms with Crippen molar-refractivity contribution in [2.45, 2.75) is 18.2 Å².